The molecule has 0 aromatic carbocycles. The van der Waals surface area contributed by atoms with Crippen molar-refractivity contribution >= 4 is 17.8 Å². The maximum Gasteiger partial charge on any atom is 0.302 e. The number of hydrogen-bond acceptors (Lipinski definition) is 4. The van der Waals surface area contributed by atoms with E-state index in [1.165, 1.54) is 13.8 Å². The van der Waals surface area contributed by atoms with E-state index in [-0.39, 0.29) is 24.4 Å². The van der Waals surface area contributed by atoms with E-state index in [1.54, 1.807) is 6.92 Å². The zero-order valence-corrected chi connectivity index (χ0v) is 8.99. The van der Waals surface area contributed by atoms with Crippen molar-refractivity contribution in [3.05, 3.63) is 11.1 Å². The third-order valence-electron chi connectivity index (χ3n) is 2.21. The van der Waals surface area contributed by atoms with Crippen molar-refractivity contribution in [2.75, 3.05) is 13.2 Å². The average molecular weight is 211 g/mol. The number of carbonyl (C=O) groups is 3. The van der Waals surface area contributed by atoms with Crippen molar-refractivity contribution < 1.29 is 19.1 Å². The van der Waals surface area contributed by atoms with Crippen LogP contribution in [0, 0.1) is 0 Å². The third kappa shape index (κ3) is 2.43. The molecule has 0 N–H and O–H groups in total. The van der Waals surface area contributed by atoms with Crippen molar-refractivity contribution in [1.29, 1.82) is 0 Å². The van der Waals surface area contributed by atoms with Crippen LogP contribution in [0.1, 0.15) is 20.8 Å². The van der Waals surface area contributed by atoms with Crippen LogP contribution < -0.4 is 0 Å². The Labute approximate surface area is 87.7 Å². The molecule has 1 heterocycles. The Morgan fingerprint density at radius 3 is 2.33 bits per heavy atom. The monoisotopic (exact) mass is 211 g/mol. The van der Waals surface area contributed by atoms with Crippen LogP contribution in [0.15, 0.2) is 11.1 Å². The molecule has 0 saturated carbocycles. The van der Waals surface area contributed by atoms with E-state index in [4.69, 9.17) is 4.74 Å². The van der Waals surface area contributed by atoms with E-state index >= 15 is 0 Å². The van der Waals surface area contributed by atoms with E-state index in [1.807, 2.05) is 0 Å². The molecule has 0 aromatic heterocycles. The molecule has 1 fully saturated rings. The summed E-state index contributed by atoms with van der Waals surface area (Å²) in [5, 5.41) is 0. The van der Waals surface area contributed by atoms with Gasteiger partial charge in [0.25, 0.3) is 5.91 Å². The van der Waals surface area contributed by atoms with Gasteiger partial charge in [-0.1, -0.05) is 0 Å². The van der Waals surface area contributed by atoms with Crippen LogP contribution in [-0.4, -0.2) is 35.8 Å². The molecule has 0 unspecified atom stereocenters. The molecule has 82 valence electrons. The molecule has 1 aliphatic heterocycles. The van der Waals surface area contributed by atoms with Gasteiger partial charge < -0.3 is 4.74 Å². The second-order valence-electron chi connectivity index (χ2n) is 3.45. The SMILES string of the molecule is CC(=O)OCC(C)=C1CN(C(C)=O)C1=O. The molecule has 5 heteroatoms. The zero-order valence-electron chi connectivity index (χ0n) is 8.99. The predicted octanol–water partition coefficient (Wildman–Crippen LogP) is 0.255. The van der Waals surface area contributed by atoms with Crippen molar-refractivity contribution in [1.82, 2.24) is 4.90 Å². The fraction of sp³-hybridized carbons (Fsp3) is 0.500. The summed E-state index contributed by atoms with van der Waals surface area (Å²) in [6.45, 7) is 4.80. The minimum atomic E-state index is -0.384. The summed E-state index contributed by atoms with van der Waals surface area (Å²) in [5.74, 6) is -0.929. The second-order valence-corrected chi connectivity index (χ2v) is 3.45. The van der Waals surface area contributed by atoms with Crippen LogP contribution in [0.3, 0.4) is 0 Å². The van der Waals surface area contributed by atoms with Gasteiger partial charge in [-0.2, -0.15) is 0 Å². The van der Waals surface area contributed by atoms with Gasteiger partial charge in [0.05, 0.1) is 6.54 Å². The topological polar surface area (TPSA) is 63.7 Å². The van der Waals surface area contributed by atoms with Crippen LogP contribution >= 0.6 is 0 Å². The van der Waals surface area contributed by atoms with Gasteiger partial charge in [-0.25, -0.2) is 0 Å². The second kappa shape index (κ2) is 4.25. The normalized spacial score (nSPS) is 18.3. The fourth-order valence-corrected chi connectivity index (χ4v) is 1.24. The first-order valence-corrected chi connectivity index (χ1v) is 4.58. The van der Waals surface area contributed by atoms with Gasteiger partial charge in [0.15, 0.2) is 0 Å². The highest BCUT2D eigenvalue weighted by molar-refractivity contribution is 6.10. The third-order valence-corrected chi connectivity index (χ3v) is 2.21. The summed E-state index contributed by atoms with van der Waals surface area (Å²) in [5.41, 5.74) is 1.26. The number of carbonyl (C=O) groups excluding carboxylic acids is 3. The molecule has 0 radical (unpaired) electrons. The first kappa shape index (κ1) is 11.4. The minimum absolute atomic E-state index is 0.113. The molecule has 0 aromatic rings. The summed E-state index contributed by atoms with van der Waals surface area (Å²) in [4.78, 5) is 33.9. The number of likely N-dealkylation sites (tertiary alicyclic amines) is 1. The lowest BCUT2D eigenvalue weighted by Crippen LogP contribution is -2.49. The van der Waals surface area contributed by atoms with Gasteiger partial charge >= 0.3 is 5.97 Å². The Hall–Kier alpha value is -1.65. The summed E-state index contributed by atoms with van der Waals surface area (Å²) in [6, 6.07) is 0. The highest BCUT2D eigenvalue weighted by Gasteiger charge is 2.34. The summed E-state index contributed by atoms with van der Waals surface area (Å²) >= 11 is 0. The van der Waals surface area contributed by atoms with Crippen LogP contribution in [0.5, 0.6) is 0 Å². The molecular weight excluding hydrogens is 198 g/mol. The first-order valence-electron chi connectivity index (χ1n) is 4.58. The van der Waals surface area contributed by atoms with Gasteiger partial charge in [-0.05, 0) is 12.5 Å². The molecule has 1 aliphatic rings. The van der Waals surface area contributed by atoms with Crippen LogP contribution in [-0.2, 0) is 19.1 Å². The highest BCUT2D eigenvalue weighted by Crippen LogP contribution is 2.20. The molecule has 5 nitrogen and oxygen atoms in total. The Morgan fingerprint density at radius 2 is 1.93 bits per heavy atom. The Kier molecular flexibility index (Phi) is 3.24. The first-order chi connectivity index (χ1) is 6.93. The van der Waals surface area contributed by atoms with E-state index in [0.717, 1.165) is 4.90 Å². The number of nitrogens with zero attached hydrogens (tertiary/aromatic N) is 1. The lowest BCUT2D eigenvalue weighted by atomic mass is 10.0. The van der Waals surface area contributed by atoms with Gasteiger partial charge in [0.1, 0.15) is 6.61 Å². The van der Waals surface area contributed by atoms with Crippen LogP contribution in [0.2, 0.25) is 0 Å². The van der Waals surface area contributed by atoms with Crippen molar-refractivity contribution in [3.63, 3.8) is 0 Å². The fourth-order valence-electron chi connectivity index (χ4n) is 1.24. The maximum absolute atomic E-state index is 11.4. The number of amides is 2. The predicted molar refractivity (Wildman–Crippen MR) is 51.7 cm³/mol. The number of β-lactam (4-membered cyclic amide) rings is 1. The van der Waals surface area contributed by atoms with E-state index in [2.05, 4.69) is 0 Å². The summed E-state index contributed by atoms with van der Waals surface area (Å²) < 4.78 is 4.75. The van der Waals surface area contributed by atoms with Crippen molar-refractivity contribution in [2.24, 2.45) is 0 Å². The summed E-state index contributed by atoms with van der Waals surface area (Å²) in [6.07, 6.45) is 0. The Bertz CT molecular complexity index is 356. The molecule has 0 spiro atoms. The molecule has 15 heavy (non-hydrogen) atoms. The average Bonchev–Trinajstić information content (AvgIpc) is 2.11. The smallest absolute Gasteiger partial charge is 0.302 e. The number of rotatable bonds is 2. The molecule has 0 bridgehead atoms. The molecule has 0 aliphatic carbocycles. The Morgan fingerprint density at radius 1 is 1.33 bits per heavy atom. The van der Waals surface area contributed by atoms with Crippen LogP contribution in [0.4, 0.5) is 0 Å². The largest absolute Gasteiger partial charge is 0.461 e. The standard InChI is InChI=1S/C10H13NO4/c1-6(5-15-8(3)13)9-4-11(7(2)12)10(9)14/h4-5H2,1-3H3. The Balaban J connectivity index is 2.59. The molecule has 1 rings (SSSR count). The van der Waals surface area contributed by atoms with Gasteiger partial charge in [0, 0.05) is 19.4 Å². The van der Waals surface area contributed by atoms with Crippen molar-refractivity contribution in [2.45, 2.75) is 20.8 Å². The van der Waals surface area contributed by atoms with Crippen LogP contribution in [0.25, 0.3) is 0 Å². The zero-order chi connectivity index (χ0) is 11.6. The quantitative estimate of drug-likeness (QED) is 0.373. The maximum atomic E-state index is 11.4. The molecular formula is C10H13NO4. The minimum Gasteiger partial charge on any atom is -0.461 e. The van der Waals surface area contributed by atoms with Gasteiger partial charge in [-0.15, -0.1) is 0 Å². The molecule has 0 atom stereocenters. The lowest BCUT2D eigenvalue weighted by molar-refractivity contribution is -0.146. The van der Waals surface area contributed by atoms with E-state index in [0.29, 0.717) is 17.7 Å². The number of ether oxygens (including phenoxy) is 1. The summed E-state index contributed by atoms with van der Waals surface area (Å²) in [7, 11) is 0. The number of esters is 1. The molecule has 2 amide bonds. The lowest BCUT2D eigenvalue weighted by Gasteiger charge is -2.31. The van der Waals surface area contributed by atoms with E-state index < -0.39 is 0 Å². The number of hydrogen-bond donors (Lipinski definition) is 0. The molecule has 1 saturated heterocycles. The van der Waals surface area contributed by atoms with Crippen molar-refractivity contribution in [3.8, 4) is 0 Å². The van der Waals surface area contributed by atoms with E-state index in [9.17, 15) is 14.4 Å². The van der Waals surface area contributed by atoms with Gasteiger partial charge in [-0.3, -0.25) is 19.3 Å². The highest BCUT2D eigenvalue weighted by atomic mass is 16.5. The van der Waals surface area contributed by atoms with Gasteiger partial charge in [0.2, 0.25) is 5.91 Å². The number of imide groups is 1.